The van der Waals surface area contributed by atoms with Gasteiger partial charge in [-0.15, -0.1) is 0 Å². The number of rotatable bonds is 7. The summed E-state index contributed by atoms with van der Waals surface area (Å²) in [6.07, 6.45) is 1.81. The van der Waals surface area contributed by atoms with Gasteiger partial charge in [-0.3, -0.25) is 4.79 Å². The van der Waals surface area contributed by atoms with Crippen LogP contribution >= 0.6 is 0 Å². The summed E-state index contributed by atoms with van der Waals surface area (Å²) in [7, 11) is -3.60. The lowest BCUT2D eigenvalue weighted by atomic mass is 10.0. The highest BCUT2D eigenvalue weighted by atomic mass is 32.2. The minimum atomic E-state index is -3.60. The Morgan fingerprint density at radius 3 is 2.41 bits per heavy atom. The van der Waals surface area contributed by atoms with E-state index in [1.165, 1.54) is 0 Å². The fraction of sp³-hybridized carbons (Fsp3) is 0.261. The van der Waals surface area contributed by atoms with Crippen molar-refractivity contribution in [2.45, 2.75) is 32.9 Å². The van der Waals surface area contributed by atoms with Crippen molar-refractivity contribution in [2.75, 3.05) is 6.26 Å². The van der Waals surface area contributed by atoms with Crippen LogP contribution in [0.25, 0.3) is 10.8 Å². The van der Waals surface area contributed by atoms with Crippen LogP contribution in [0.2, 0.25) is 0 Å². The van der Waals surface area contributed by atoms with Crippen LogP contribution in [0, 0.1) is 0 Å². The van der Waals surface area contributed by atoms with Gasteiger partial charge in [0.25, 0.3) is 5.91 Å². The lowest BCUT2D eigenvalue weighted by Crippen LogP contribution is -2.37. The molecular formula is C23H25NO4S. The van der Waals surface area contributed by atoms with Crippen LogP contribution < -0.4 is 4.18 Å². The normalized spacial score (nSPS) is 12.5. The third-order valence-corrected chi connectivity index (χ3v) is 5.37. The van der Waals surface area contributed by atoms with Crippen LogP contribution in [0.4, 0.5) is 0 Å². The lowest BCUT2D eigenvalue weighted by Gasteiger charge is -2.29. The van der Waals surface area contributed by atoms with Gasteiger partial charge in [-0.2, -0.15) is 8.42 Å². The molecule has 1 atom stereocenters. The van der Waals surface area contributed by atoms with E-state index in [-0.39, 0.29) is 17.7 Å². The Labute approximate surface area is 172 Å². The van der Waals surface area contributed by atoms with Gasteiger partial charge in [-0.05, 0) is 53.9 Å². The molecule has 0 aliphatic heterocycles. The Kier molecular flexibility index (Phi) is 6.23. The second-order valence-electron chi connectivity index (χ2n) is 7.19. The number of fused-ring (bicyclic) bond motifs is 1. The van der Waals surface area contributed by atoms with Gasteiger partial charge >= 0.3 is 10.1 Å². The number of nitrogens with zero attached hydrogens (tertiary/aromatic N) is 1. The molecule has 0 radical (unpaired) electrons. The summed E-state index contributed by atoms with van der Waals surface area (Å²) in [4.78, 5) is 15.1. The molecular weight excluding hydrogens is 386 g/mol. The summed E-state index contributed by atoms with van der Waals surface area (Å²) in [6, 6.07) is 20.5. The molecule has 0 fully saturated rings. The Morgan fingerprint density at radius 2 is 1.72 bits per heavy atom. The van der Waals surface area contributed by atoms with Gasteiger partial charge in [0, 0.05) is 18.2 Å². The monoisotopic (exact) mass is 411 g/mol. The zero-order valence-electron chi connectivity index (χ0n) is 16.8. The summed E-state index contributed by atoms with van der Waals surface area (Å²) in [5, 5.41) is 2.11. The summed E-state index contributed by atoms with van der Waals surface area (Å²) in [6.45, 7) is 4.41. The van der Waals surface area contributed by atoms with Gasteiger partial charge in [-0.25, -0.2) is 0 Å². The van der Waals surface area contributed by atoms with E-state index in [1.807, 2.05) is 67.3 Å². The summed E-state index contributed by atoms with van der Waals surface area (Å²) in [5.41, 5.74) is 1.44. The van der Waals surface area contributed by atoms with Crippen molar-refractivity contribution in [1.82, 2.24) is 4.90 Å². The van der Waals surface area contributed by atoms with Gasteiger partial charge in [0.2, 0.25) is 0 Å². The maximum Gasteiger partial charge on any atom is 0.306 e. The molecule has 0 heterocycles. The molecule has 0 saturated heterocycles. The van der Waals surface area contributed by atoms with E-state index >= 15 is 0 Å². The molecule has 1 amide bonds. The van der Waals surface area contributed by atoms with Crippen molar-refractivity contribution in [3.05, 3.63) is 77.9 Å². The molecule has 3 aromatic carbocycles. The Bertz CT molecular complexity index is 1120. The first-order valence-electron chi connectivity index (χ1n) is 9.55. The van der Waals surface area contributed by atoms with E-state index in [9.17, 15) is 13.2 Å². The number of carbonyl (C=O) groups is 1. The molecule has 3 aromatic rings. The lowest BCUT2D eigenvalue weighted by molar-refractivity contribution is 0.0671. The van der Waals surface area contributed by atoms with Crippen LogP contribution in [0.5, 0.6) is 5.75 Å². The molecule has 5 nitrogen and oxygen atoms in total. The maximum atomic E-state index is 13.3. The molecule has 29 heavy (non-hydrogen) atoms. The molecule has 3 rings (SSSR count). The Balaban J connectivity index is 1.89. The first-order chi connectivity index (χ1) is 13.8. The third-order valence-electron chi connectivity index (χ3n) is 4.88. The zero-order chi connectivity index (χ0) is 21.0. The maximum absolute atomic E-state index is 13.3. The second-order valence-corrected chi connectivity index (χ2v) is 8.76. The highest BCUT2D eigenvalue weighted by Crippen LogP contribution is 2.22. The molecule has 0 aromatic heterocycles. The quantitative estimate of drug-likeness (QED) is 0.532. The highest BCUT2D eigenvalue weighted by molar-refractivity contribution is 7.86. The molecule has 0 N–H and O–H groups in total. The SMILES string of the molecule is CCC(C)N(Cc1cccc(OS(C)(=O)=O)c1)C(=O)c1ccc2ccccc2c1. The van der Waals surface area contributed by atoms with Crippen LogP contribution in [0.1, 0.15) is 36.2 Å². The summed E-state index contributed by atoms with van der Waals surface area (Å²) < 4.78 is 27.8. The standard InChI is InChI=1S/C23H25NO4S/c1-4-17(2)24(16-18-8-7-11-22(14-18)28-29(3,26)27)23(25)21-13-12-19-9-5-6-10-20(19)15-21/h5-15,17H,4,16H2,1-3H3. The van der Waals surface area contributed by atoms with Gasteiger partial charge in [-0.1, -0.05) is 49.4 Å². The van der Waals surface area contributed by atoms with Crippen LogP contribution in [-0.4, -0.2) is 31.5 Å². The molecule has 1 unspecified atom stereocenters. The second kappa shape index (κ2) is 8.66. The van der Waals surface area contributed by atoms with E-state index in [1.54, 1.807) is 18.2 Å². The predicted molar refractivity (Wildman–Crippen MR) is 115 cm³/mol. The van der Waals surface area contributed by atoms with E-state index in [4.69, 9.17) is 4.18 Å². The Hall–Kier alpha value is -2.86. The molecule has 0 saturated carbocycles. The first-order valence-corrected chi connectivity index (χ1v) is 11.4. The summed E-state index contributed by atoms with van der Waals surface area (Å²) >= 11 is 0. The van der Waals surface area contributed by atoms with Crippen molar-refractivity contribution in [3.63, 3.8) is 0 Å². The van der Waals surface area contributed by atoms with Crippen LogP contribution in [0.15, 0.2) is 66.7 Å². The minimum Gasteiger partial charge on any atom is -0.383 e. The molecule has 0 aliphatic rings. The van der Waals surface area contributed by atoms with Crippen molar-refractivity contribution in [3.8, 4) is 5.75 Å². The van der Waals surface area contributed by atoms with E-state index in [0.29, 0.717) is 12.1 Å². The number of hydrogen-bond donors (Lipinski definition) is 0. The van der Waals surface area contributed by atoms with Crippen molar-refractivity contribution in [2.24, 2.45) is 0 Å². The Morgan fingerprint density at radius 1 is 1.00 bits per heavy atom. The molecule has 152 valence electrons. The molecule has 0 bridgehead atoms. The van der Waals surface area contributed by atoms with Gasteiger partial charge < -0.3 is 9.08 Å². The fourth-order valence-electron chi connectivity index (χ4n) is 3.20. The van der Waals surface area contributed by atoms with Gasteiger partial charge in [0.15, 0.2) is 0 Å². The molecule has 0 aliphatic carbocycles. The van der Waals surface area contributed by atoms with Crippen molar-refractivity contribution < 1.29 is 17.4 Å². The third kappa shape index (κ3) is 5.35. The van der Waals surface area contributed by atoms with Crippen molar-refractivity contribution in [1.29, 1.82) is 0 Å². The van der Waals surface area contributed by atoms with Crippen LogP contribution in [-0.2, 0) is 16.7 Å². The first kappa shape index (κ1) is 20.9. The number of amides is 1. The summed E-state index contributed by atoms with van der Waals surface area (Å²) in [5.74, 6) is 0.187. The predicted octanol–water partition coefficient (Wildman–Crippen LogP) is 4.62. The molecule has 0 spiro atoms. The number of hydrogen-bond acceptors (Lipinski definition) is 4. The minimum absolute atomic E-state index is 0.0217. The smallest absolute Gasteiger partial charge is 0.306 e. The van der Waals surface area contributed by atoms with Crippen LogP contribution in [0.3, 0.4) is 0 Å². The van der Waals surface area contributed by atoms with E-state index < -0.39 is 10.1 Å². The number of benzene rings is 3. The average molecular weight is 412 g/mol. The van der Waals surface area contributed by atoms with Gasteiger partial charge in [0.05, 0.1) is 6.26 Å². The fourth-order valence-corrected chi connectivity index (χ4v) is 3.66. The van der Waals surface area contributed by atoms with E-state index in [2.05, 4.69) is 0 Å². The molecule has 6 heteroatoms. The largest absolute Gasteiger partial charge is 0.383 e. The van der Waals surface area contributed by atoms with Crippen molar-refractivity contribution >= 4 is 26.8 Å². The topological polar surface area (TPSA) is 63.7 Å². The van der Waals surface area contributed by atoms with Gasteiger partial charge in [0.1, 0.15) is 5.75 Å². The van der Waals surface area contributed by atoms with E-state index in [0.717, 1.165) is 29.0 Å². The average Bonchev–Trinajstić information content (AvgIpc) is 2.69. The number of carbonyl (C=O) groups excluding carboxylic acids is 1. The highest BCUT2D eigenvalue weighted by Gasteiger charge is 2.21. The zero-order valence-corrected chi connectivity index (χ0v) is 17.6.